The van der Waals surface area contributed by atoms with Gasteiger partial charge in [-0.3, -0.25) is 0 Å². The summed E-state index contributed by atoms with van der Waals surface area (Å²) in [5.74, 6) is 2.62. The van der Waals surface area contributed by atoms with Crippen molar-refractivity contribution in [3.8, 4) is 17.3 Å². The molecule has 50 heavy (non-hydrogen) atoms. The number of rotatable bonds is 4. The molecule has 3 aromatic heterocycles. The summed E-state index contributed by atoms with van der Waals surface area (Å²) in [5, 5.41) is 2.43. The number of nitrogens with zero attached hydrogens (tertiary/aromatic N) is 4. The van der Waals surface area contributed by atoms with Crippen LogP contribution in [0.5, 0.6) is 11.5 Å². The Balaban J connectivity index is 1.25. The zero-order chi connectivity index (χ0) is 34.9. The van der Waals surface area contributed by atoms with Gasteiger partial charge in [0, 0.05) is 6.20 Å². The van der Waals surface area contributed by atoms with Gasteiger partial charge in [0.15, 0.2) is 0 Å². The van der Waals surface area contributed by atoms with Crippen molar-refractivity contribution in [1.29, 1.82) is 0 Å². The normalized spacial score (nSPS) is 15.5. The van der Waals surface area contributed by atoms with Gasteiger partial charge in [0.05, 0.1) is 0 Å². The summed E-state index contributed by atoms with van der Waals surface area (Å²) in [6.07, 6.45) is 6.55. The molecule has 0 saturated heterocycles. The molecule has 0 radical (unpaired) electrons. The van der Waals surface area contributed by atoms with Crippen LogP contribution >= 0.6 is 0 Å². The number of aryl methyl sites for hydroxylation is 2. The van der Waals surface area contributed by atoms with Crippen LogP contribution in [-0.2, 0) is 43.7 Å². The van der Waals surface area contributed by atoms with Gasteiger partial charge in [0.1, 0.15) is 0 Å². The zero-order valence-corrected chi connectivity index (χ0v) is 32.4. The molecule has 0 aliphatic heterocycles. The van der Waals surface area contributed by atoms with Crippen LogP contribution in [0.1, 0.15) is 89.1 Å². The molecule has 0 saturated carbocycles. The molecule has 1 aliphatic carbocycles. The Bertz CT molecular complexity index is 2480. The second-order valence-corrected chi connectivity index (χ2v) is 17.0. The second-order valence-electron chi connectivity index (χ2n) is 16.0. The van der Waals surface area contributed by atoms with Crippen LogP contribution in [-0.4, -0.2) is 18.7 Å². The molecule has 5 nitrogen and oxygen atoms in total. The molecule has 0 fully saturated rings. The van der Waals surface area contributed by atoms with Gasteiger partial charge in [-0.1, -0.05) is 47.6 Å². The molecule has 1 aliphatic rings. The molecular formula is C44H46N4OPt. The van der Waals surface area contributed by atoms with Crippen molar-refractivity contribution >= 4 is 32.8 Å². The van der Waals surface area contributed by atoms with Crippen LogP contribution in [0.3, 0.4) is 0 Å². The van der Waals surface area contributed by atoms with E-state index in [4.69, 9.17) is 9.72 Å². The van der Waals surface area contributed by atoms with E-state index in [0.29, 0.717) is 0 Å². The van der Waals surface area contributed by atoms with E-state index in [1.165, 1.54) is 60.7 Å². The first-order chi connectivity index (χ1) is 23.9. The number of pyridine rings is 1. The van der Waals surface area contributed by atoms with E-state index in [1.54, 1.807) is 0 Å². The number of hydrogen-bond acceptors (Lipinski definition) is 2. The average molecular weight is 842 g/mol. The van der Waals surface area contributed by atoms with Crippen molar-refractivity contribution < 1.29 is 24.1 Å². The van der Waals surface area contributed by atoms with Crippen molar-refractivity contribution in [2.75, 3.05) is 0 Å². The molecule has 1 atom stereocenters. The molecule has 7 aromatic rings. The number of hydrogen-bond donors (Lipinski definition) is 0. The molecule has 0 spiro atoms. The summed E-state index contributed by atoms with van der Waals surface area (Å²) in [6.45, 7) is 13.6. The van der Waals surface area contributed by atoms with Gasteiger partial charge >= 0.3 is 202 Å². The summed E-state index contributed by atoms with van der Waals surface area (Å²) in [5.41, 5.74) is 10.2. The average Bonchev–Trinajstić information content (AvgIpc) is 3.44. The predicted octanol–water partition coefficient (Wildman–Crippen LogP) is 11.3. The van der Waals surface area contributed by atoms with Gasteiger partial charge in [-0.2, -0.15) is 0 Å². The molecular weight excluding hydrogens is 796 g/mol. The number of aromatic nitrogens is 4. The van der Waals surface area contributed by atoms with Gasteiger partial charge in [-0.05, 0) is 46.2 Å². The van der Waals surface area contributed by atoms with Crippen LogP contribution in [0, 0.1) is 3.80 Å². The van der Waals surface area contributed by atoms with E-state index in [1.807, 2.05) is 6.20 Å². The van der Waals surface area contributed by atoms with Gasteiger partial charge < -0.3 is 0 Å². The molecule has 0 amide bonds. The van der Waals surface area contributed by atoms with E-state index < -0.39 is 0 Å². The number of para-hydroxylation sites is 2. The Labute approximate surface area is 306 Å². The second kappa shape index (κ2) is 12.2. The molecule has 8 rings (SSSR count). The van der Waals surface area contributed by atoms with E-state index in [-0.39, 0.29) is 16.9 Å². The summed E-state index contributed by atoms with van der Waals surface area (Å²) >= 11 is 2.50. The van der Waals surface area contributed by atoms with Gasteiger partial charge in [0.2, 0.25) is 0 Å². The van der Waals surface area contributed by atoms with E-state index in [2.05, 4.69) is 173 Å². The standard InChI is InChI=1S/C44H46N4O.Pt/c1-43(2,3)30-17-21-38-36(24-30)34-20-19-33(27-41(34)48(38)42-25-31(22-23-45-42)44(4,5)6)49-32-18-16-29-12-8-9-13-37(35(29)26-32)47-28-46(7)39-14-10-11-15-40(39)47;/h10-11,14-27,37H,8-9,12-13H2,1-7H3;. The zero-order valence-electron chi connectivity index (χ0n) is 30.2. The van der Waals surface area contributed by atoms with Crippen LogP contribution < -0.4 is 4.74 Å². The first-order valence-electron chi connectivity index (χ1n) is 17.9. The van der Waals surface area contributed by atoms with Crippen molar-refractivity contribution in [2.24, 2.45) is 7.05 Å². The fourth-order valence-electron chi connectivity index (χ4n) is 7.76. The molecule has 1 unspecified atom stereocenters. The van der Waals surface area contributed by atoms with Crippen molar-refractivity contribution in [2.45, 2.75) is 84.1 Å². The summed E-state index contributed by atoms with van der Waals surface area (Å²) in [7, 11) is 2.17. The molecule has 0 N–H and O–H groups in total. The topological polar surface area (TPSA) is 36.9 Å². The maximum absolute atomic E-state index is 6.79. The number of ether oxygens (including phenoxy) is 1. The Morgan fingerprint density at radius 3 is 2.20 bits per heavy atom. The van der Waals surface area contributed by atoms with Crippen molar-refractivity contribution in [3.05, 3.63) is 123 Å². The molecule has 0 bridgehead atoms. The Morgan fingerprint density at radius 2 is 1.42 bits per heavy atom. The molecule has 4 aromatic carbocycles. The fraction of sp³-hybridized carbons (Fsp3) is 0.318. The van der Waals surface area contributed by atoms with Gasteiger partial charge in [0.25, 0.3) is 0 Å². The minimum atomic E-state index is 0.00966. The molecule has 258 valence electrons. The third-order valence-electron chi connectivity index (χ3n) is 10.6. The summed E-state index contributed by atoms with van der Waals surface area (Å²) < 4.78 is 15.2. The molecule has 3 heterocycles. The first-order valence-corrected chi connectivity index (χ1v) is 19.0. The SMILES string of the molecule is Cn1[c](=[Pt])n(C2CCCCc3ccc(Oc4ccc5c6cc(C(C)(C)C)ccc6n(-c6cc(C(C)(C)C)ccn6)c5c4)cc32)c2ccccc21. The van der Waals surface area contributed by atoms with Crippen molar-refractivity contribution in [1.82, 2.24) is 18.7 Å². The predicted molar refractivity (Wildman–Crippen MR) is 202 cm³/mol. The summed E-state index contributed by atoms with van der Waals surface area (Å²) in [4.78, 5) is 4.92. The Kier molecular flexibility index (Phi) is 8.06. The van der Waals surface area contributed by atoms with Crippen LogP contribution in [0.2, 0.25) is 0 Å². The van der Waals surface area contributed by atoms with E-state index >= 15 is 0 Å². The van der Waals surface area contributed by atoms with Gasteiger partial charge in [-0.25, -0.2) is 4.98 Å². The quantitative estimate of drug-likeness (QED) is 0.166. The monoisotopic (exact) mass is 841 g/mol. The molecule has 6 heteroatoms. The number of benzene rings is 4. The number of fused-ring (bicyclic) bond motifs is 5. The number of imidazole rings is 1. The Hall–Kier alpha value is -4.21. The van der Waals surface area contributed by atoms with Crippen LogP contribution in [0.15, 0.2) is 97.2 Å². The first kappa shape index (κ1) is 33.0. The minimum absolute atomic E-state index is 0.00966. The van der Waals surface area contributed by atoms with Crippen LogP contribution in [0.4, 0.5) is 0 Å². The van der Waals surface area contributed by atoms with Crippen LogP contribution in [0.25, 0.3) is 38.7 Å². The maximum atomic E-state index is 6.79. The fourth-order valence-corrected chi connectivity index (χ4v) is 8.66. The van der Waals surface area contributed by atoms with E-state index in [0.717, 1.165) is 41.2 Å². The van der Waals surface area contributed by atoms with Gasteiger partial charge in [-0.15, -0.1) is 0 Å². The van der Waals surface area contributed by atoms with Crippen molar-refractivity contribution in [3.63, 3.8) is 0 Å². The third kappa shape index (κ3) is 5.68. The van der Waals surface area contributed by atoms with E-state index in [9.17, 15) is 0 Å². The Morgan fingerprint density at radius 1 is 0.700 bits per heavy atom. The third-order valence-corrected chi connectivity index (χ3v) is 11.9. The summed E-state index contributed by atoms with van der Waals surface area (Å²) in [6, 6.07) is 33.6.